The van der Waals surface area contributed by atoms with E-state index in [1.54, 1.807) is 11.8 Å². The quantitative estimate of drug-likeness (QED) is 0.610. The largest absolute Gasteiger partial charge is 0.341 e. The molecule has 1 atom stereocenters. The summed E-state index contributed by atoms with van der Waals surface area (Å²) >= 11 is 0. The Morgan fingerprint density at radius 3 is 2.46 bits per heavy atom. The van der Waals surface area contributed by atoms with Crippen LogP contribution in [-0.2, 0) is 14.8 Å². The van der Waals surface area contributed by atoms with Crippen LogP contribution in [0.2, 0.25) is 0 Å². The first-order valence-electron chi connectivity index (χ1n) is 4.08. The molecule has 13 heavy (non-hydrogen) atoms. The summed E-state index contributed by atoms with van der Waals surface area (Å²) in [5.74, 6) is -0.376. The maximum Gasteiger partial charge on any atom is 0.231 e. The third-order valence-electron chi connectivity index (χ3n) is 2.24. The molecule has 0 spiro atoms. The summed E-state index contributed by atoms with van der Waals surface area (Å²) in [6.07, 6.45) is 0. The van der Waals surface area contributed by atoms with Crippen molar-refractivity contribution in [1.29, 1.82) is 0 Å². The molecule has 0 bridgehead atoms. The predicted octanol–water partition coefficient (Wildman–Crippen LogP) is -0.857. The van der Waals surface area contributed by atoms with Gasteiger partial charge in [-0.15, -0.1) is 0 Å². The molecule has 1 aliphatic rings. The summed E-state index contributed by atoms with van der Waals surface area (Å²) in [6, 6.07) is 0. The number of rotatable bonds is 3. The van der Waals surface area contributed by atoms with Gasteiger partial charge in [-0.25, -0.2) is 13.6 Å². The first-order chi connectivity index (χ1) is 5.78. The Morgan fingerprint density at radius 2 is 2.15 bits per heavy atom. The molecule has 0 saturated carbocycles. The van der Waals surface area contributed by atoms with E-state index in [1.807, 2.05) is 6.92 Å². The summed E-state index contributed by atoms with van der Waals surface area (Å²) < 4.78 is 21.6. The van der Waals surface area contributed by atoms with Crippen molar-refractivity contribution in [2.75, 3.05) is 18.8 Å². The van der Waals surface area contributed by atoms with E-state index in [4.69, 9.17) is 5.14 Å². The highest BCUT2D eigenvalue weighted by Crippen LogP contribution is 2.31. The van der Waals surface area contributed by atoms with Crippen molar-refractivity contribution in [3.8, 4) is 0 Å². The first-order valence-corrected chi connectivity index (χ1v) is 5.80. The van der Waals surface area contributed by atoms with Crippen LogP contribution in [0.3, 0.4) is 0 Å². The molecule has 1 fully saturated rings. The van der Waals surface area contributed by atoms with Crippen LogP contribution in [0.15, 0.2) is 0 Å². The van der Waals surface area contributed by atoms with Crippen LogP contribution in [-0.4, -0.2) is 38.1 Å². The van der Waals surface area contributed by atoms with Crippen LogP contribution in [0.1, 0.15) is 13.8 Å². The molecular formula is C7H14N2O3S. The van der Waals surface area contributed by atoms with Crippen molar-refractivity contribution < 1.29 is 13.2 Å². The number of sulfonamides is 1. The monoisotopic (exact) mass is 206 g/mol. The summed E-state index contributed by atoms with van der Waals surface area (Å²) in [6.45, 7) is 4.60. The summed E-state index contributed by atoms with van der Waals surface area (Å²) in [4.78, 5) is 13.0. The van der Waals surface area contributed by atoms with E-state index in [-0.39, 0.29) is 11.7 Å². The van der Waals surface area contributed by atoms with Crippen molar-refractivity contribution in [2.24, 2.45) is 10.6 Å². The van der Waals surface area contributed by atoms with Gasteiger partial charge in [0, 0.05) is 13.1 Å². The van der Waals surface area contributed by atoms with Crippen LogP contribution < -0.4 is 5.14 Å². The first kappa shape index (κ1) is 10.5. The minimum absolute atomic E-state index is 0.121. The highest BCUT2D eigenvalue weighted by atomic mass is 32.2. The number of hydrogen-bond acceptors (Lipinski definition) is 3. The Labute approximate surface area is 77.9 Å². The molecule has 6 heteroatoms. The van der Waals surface area contributed by atoms with E-state index < -0.39 is 15.4 Å². The van der Waals surface area contributed by atoms with Gasteiger partial charge in [-0.3, -0.25) is 4.79 Å². The predicted molar refractivity (Wildman–Crippen MR) is 48.3 cm³/mol. The SMILES string of the molecule is CCN1CC(C)(CS(N)(=O)=O)C1=O. The normalized spacial score (nSPS) is 28.8. The smallest absolute Gasteiger partial charge is 0.231 e. The van der Waals surface area contributed by atoms with Gasteiger partial charge >= 0.3 is 0 Å². The number of nitrogens with zero attached hydrogens (tertiary/aromatic N) is 1. The number of carbonyl (C=O) groups is 1. The van der Waals surface area contributed by atoms with Gasteiger partial charge in [0.25, 0.3) is 0 Å². The zero-order valence-electron chi connectivity index (χ0n) is 7.78. The Kier molecular flexibility index (Phi) is 2.38. The molecule has 1 rings (SSSR count). The van der Waals surface area contributed by atoms with Crippen molar-refractivity contribution in [1.82, 2.24) is 4.90 Å². The highest BCUT2D eigenvalue weighted by Gasteiger charge is 2.49. The maximum atomic E-state index is 11.4. The van der Waals surface area contributed by atoms with Crippen LogP contribution in [0.4, 0.5) is 0 Å². The molecule has 1 unspecified atom stereocenters. The lowest BCUT2D eigenvalue weighted by Crippen LogP contribution is -2.62. The Bertz CT molecular complexity index is 325. The van der Waals surface area contributed by atoms with Gasteiger partial charge in [0.1, 0.15) is 0 Å². The molecule has 1 amide bonds. The van der Waals surface area contributed by atoms with Gasteiger partial charge in [0.2, 0.25) is 15.9 Å². The maximum absolute atomic E-state index is 11.4. The second-order valence-corrected chi connectivity index (χ2v) is 5.30. The minimum atomic E-state index is -3.55. The standard InChI is InChI=1S/C7H14N2O3S/c1-3-9-4-7(2,6(9)10)5-13(8,11)12/h3-5H2,1-2H3,(H2,8,11,12). The number of β-lactam (4-membered cyclic amide) rings is 1. The van der Waals surface area contributed by atoms with Gasteiger partial charge < -0.3 is 4.90 Å². The fraction of sp³-hybridized carbons (Fsp3) is 0.857. The molecule has 0 aliphatic carbocycles. The molecule has 2 N–H and O–H groups in total. The van der Waals surface area contributed by atoms with E-state index >= 15 is 0 Å². The van der Waals surface area contributed by atoms with E-state index in [1.165, 1.54) is 0 Å². The molecule has 5 nitrogen and oxygen atoms in total. The van der Waals surface area contributed by atoms with Crippen LogP contribution in [0.5, 0.6) is 0 Å². The van der Waals surface area contributed by atoms with E-state index in [0.29, 0.717) is 13.1 Å². The lowest BCUT2D eigenvalue weighted by molar-refractivity contribution is -0.155. The summed E-state index contributed by atoms with van der Waals surface area (Å²) in [5.41, 5.74) is -0.788. The fourth-order valence-corrected chi connectivity index (χ4v) is 2.76. The molecule has 0 aromatic heterocycles. The van der Waals surface area contributed by atoms with Crippen molar-refractivity contribution in [2.45, 2.75) is 13.8 Å². The third-order valence-corrected chi connectivity index (χ3v) is 3.28. The highest BCUT2D eigenvalue weighted by molar-refractivity contribution is 7.89. The van der Waals surface area contributed by atoms with Gasteiger partial charge in [-0.1, -0.05) is 0 Å². The topological polar surface area (TPSA) is 80.5 Å². The van der Waals surface area contributed by atoms with Gasteiger partial charge in [0.15, 0.2) is 0 Å². The Balaban J connectivity index is 2.68. The average molecular weight is 206 g/mol. The zero-order chi connectivity index (χ0) is 10.3. The molecule has 1 saturated heterocycles. The molecule has 0 aromatic carbocycles. The van der Waals surface area contributed by atoms with Crippen molar-refractivity contribution in [3.05, 3.63) is 0 Å². The third kappa shape index (κ3) is 2.00. The lowest BCUT2D eigenvalue weighted by atomic mass is 9.83. The number of nitrogens with two attached hydrogens (primary N) is 1. The number of likely N-dealkylation sites (tertiary alicyclic amines) is 1. The van der Waals surface area contributed by atoms with Crippen LogP contribution in [0.25, 0.3) is 0 Å². The molecular weight excluding hydrogens is 192 g/mol. The van der Waals surface area contributed by atoms with Crippen LogP contribution in [0, 0.1) is 5.41 Å². The molecule has 0 radical (unpaired) electrons. The van der Waals surface area contributed by atoms with Crippen molar-refractivity contribution in [3.63, 3.8) is 0 Å². The summed E-state index contributed by atoms with van der Waals surface area (Å²) in [7, 11) is -3.55. The van der Waals surface area contributed by atoms with Crippen molar-refractivity contribution >= 4 is 15.9 Å². The number of amides is 1. The van der Waals surface area contributed by atoms with E-state index in [2.05, 4.69) is 0 Å². The number of carbonyl (C=O) groups excluding carboxylic acids is 1. The van der Waals surface area contributed by atoms with Gasteiger partial charge in [0.05, 0.1) is 11.2 Å². The minimum Gasteiger partial charge on any atom is -0.341 e. The summed E-state index contributed by atoms with van der Waals surface area (Å²) in [5, 5.41) is 4.88. The number of hydrogen-bond donors (Lipinski definition) is 1. The molecule has 1 heterocycles. The fourth-order valence-electron chi connectivity index (χ4n) is 1.66. The lowest BCUT2D eigenvalue weighted by Gasteiger charge is -2.45. The van der Waals surface area contributed by atoms with Gasteiger partial charge in [-0.2, -0.15) is 0 Å². The molecule has 76 valence electrons. The molecule has 0 aromatic rings. The van der Waals surface area contributed by atoms with Gasteiger partial charge in [-0.05, 0) is 13.8 Å². The zero-order valence-corrected chi connectivity index (χ0v) is 8.60. The average Bonchev–Trinajstić information content (AvgIpc) is 1.96. The van der Waals surface area contributed by atoms with Crippen LogP contribution >= 0.6 is 0 Å². The number of primary sulfonamides is 1. The second-order valence-electron chi connectivity index (χ2n) is 3.69. The Hall–Kier alpha value is -0.620. The molecule has 1 aliphatic heterocycles. The second kappa shape index (κ2) is 2.95. The van der Waals surface area contributed by atoms with E-state index in [0.717, 1.165) is 0 Å². The van der Waals surface area contributed by atoms with E-state index in [9.17, 15) is 13.2 Å². The Morgan fingerprint density at radius 1 is 1.62 bits per heavy atom.